The molecule has 13 rings (SSSR count). The SMILES string of the molecule is c1ccc2c(c1)-c1ccc(N(c3ccc(-c4cccc5sc6ccccc6c45)cc3)c3ccc4sc5ccccc5c4c3)c3c1CC2C1CC1c1ccccc1-3. The van der Waals surface area contributed by atoms with E-state index in [-0.39, 0.29) is 0 Å². The average Bonchev–Trinajstić information content (AvgIpc) is 3.81. The fourth-order valence-corrected chi connectivity index (χ4v) is 12.7. The molecular weight excluding hydrogens is 715 g/mol. The van der Waals surface area contributed by atoms with Crippen LogP contribution < -0.4 is 4.90 Å². The fourth-order valence-electron chi connectivity index (χ4n) is 10.5. The molecule has 3 heteroatoms. The van der Waals surface area contributed by atoms with Gasteiger partial charge in [-0.15, -0.1) is 22.7 Å². The molecule has 0 saturated heterocycles. The summed E-state index contributed by atoms with van der Waals surface area (Å²) in [5, 5.41) is 5.33. The summed E-state index contributed by atoms with van der Waals surface area (Å²) in [5.74, 6) is 1.84. The van der Waals surface area contributed by atoms with Crippen molar-refractivity contribution in [3.8, 4) is 33.4 Å². The number of anilines is 3. The van der Waals surface area contributed by atoms with Crippen molar-refractivity contribution in [1.82, 2.24) is 0 Å². The van der Waals surface area contributed by atoms with E-state index in [9.17, 15) is 0 Å². The predicted molar refractivity (Wildman–Crippen MR) is 241 cm³/mol. The Morgan fingerprint density at radius 3 is 1.95 bits per heavy atom. The van der Waals surface area contributed by atoms with Crippen molar-refractivity contribution < 1.29 is 0 Å². The molecule has 3 unspecified atom stereocenters. The number of hydrogen-bond donors (Lipinski definition) is 0. The lowest BCUT2D eigenvalue weighted by molar-refractivity contribution is 0.580. The highest BCUT2D eigenvalue weighted by Crippen LogP contribution is 2.64. The zero-order chi connectivity index (χ0) is 36.5. The minimum absolute atomic E-state index is 0.545. The first-order valence-electron chi connectivity index (χ1n) is 19.8. The van der Waals surface area contributed by atoms with Crippen LogP contribution in [0.3, 0.4) is 0 Å². The van der Waals surface area contributed by atoms with E-state index in [2.05, 4.69) is 175 Å². The van der Waals surface area contributed by atoms with Crippen LogP contribution in [0.4, 0.5) is 17.1 Å². The molecule has 0 amide bonds. The van der Waals surface area contributed by atoms with Gasteiger partial charge in [0.05, 0.1) is 5.69 Å². The number of benzene rings is 8. The molecule has 8 aromatic carbocycles. The van der Waals surface area contributed by atoms with Crippen molar-refractivity contribution in [2.24, 2.45) is 5.92 Å². The molecule has 0 N–H and O–H groups in total. The van der Waals surface area contributed by atoms with Crippen LogP contribution in [0, 0.1) is 5.92 Å². The van der Waals surface area contributed by atoms with Crippen molar-refractivity contribution in [2.75, 3.05) is 4.90 Å². The highest BCUT2D eigenvalue weighted by molar-refractivity contribution is 7.26. The molecule has 1 fully saturated rings. The third kappa shape index (κ3) is 4.47. The third-order valence-electron chi connectivity index (χ3n) is 13.1. The van der Waals surface area contributed by atoms with Gasteiger partial charge in [0.15, 0.2) is 0 Å². The molecular formula is C53H35NS2. The largest absolute Gasteiger partial charge is 0.310 e. The van der Waals surface area contributed by atoms with E-state index < -0.39 is 0 Å². The summed E-state index contributed by atoms with van der Waals surface area (Å²) < 4.78 is 5.33. The smallest absolute Gasteiger partial charge is 0.0543 e. The van der Waals surface area contributed by atoms with E-state index in [1.54, 1.807) is 5.56 Å². The van der Waals surface area contributed by atoms with Gasteiger partial charge in [-0.3, -0.25) is 0 Å². The van der Waals surface area contributed by atoms with E-state index >= 15 is 0 Å². The monoisotopic (exact) mass is 749 g/mol. The van der Waals surface area contributed by atoms with Gasteiger partial charge in [0.1, 0.15) is 0 Å². The Hall–Kier alpha value is -6.00. The highest BCUT2D eigenvalue weighted by atomic mass is 32.1. The zero-order valence-electron chi connectivity index (χ0n) is 30.6. The Morgan fingerprint density at radius 2 is 1.09 bits per heavy atom. The number of thiophene rings is 2. The summed E-state index contributed by atoms with van der Waals surface area (Å²) in [6.45, 7) is 0. The summed E-state index contributed by atoms with van der Waals surface area (Å²) in [4.78, 5) is 2.56. The van der Waals surface area contributed by atoms with Gasteiger partial charge < -0.3 is 4.90 Å². The molecule has 1 nitrogen and oxygen atoms in total. The van der Waals surface area contributed by atoms with Gasteiger partial charge >= 0.3 is 0 Å². The van der Waals surface area contributed by atoms with Crippen LogP contribution in [0.2, 0.25) is 0 Å². The Balaban J connectivity index is 1.06. The highest BCUT2D eigenvalue weighted by Gasteiger charge is 2.49. The van der Waals surface area contributed by atoms with Crippen molar-refractivity contribution in [2.45, 2.75) is 24.7 Å². The minimum Gasteiger partial charge on any atom is -0.310 e. The molecule has 1 saturated carbocycles. The maximum absolute atomic E-state index is 2.56. The Kier molecular flexibility index (Phi) is 6.56. The van der Waals surface area contributed by atoms with Crippen LogP contribution in [-0.2, 0) is 6.42 Å². The van der Waals surface area contributed by atoms with Crippen LogP contribution >= 0.6 is 22.7 Å². The lowest BCUT2D eigenvalue weighted by Gasteiger charge is -2.36. The molecule has 264 valence electrons. The van der Waals surface area contributed by atoms with Gasteiger partial charge in [-0.05, 0) is 130 Å². The summed E-state index contributed by atoms with van der Waals surface area (Å²) in [6.07, 6.45) is 2.36. The first kappa shape index (κ1) is 31.2. The second-order valence-corrected chi connectivity index (χ2v) is 18.1. The summed E-state index contributed by atoms with van der Waals surface area (Å²) in [7, 11) is 0. The zero-order valence-corrected chi connectivity index (χ0v) is 32.2. The van der Waals surface area contributed by atoms with Crippen LogP contribution in [0.25, 0.3) is 73.7 Å². The van der Waals surface area contributed by atoms with E-state index in [1.807, 2.05) is 22.7 Å². The van der Waals surface area contributed by atoms with E-state index in [0.717, 1.165) is 6.42 Å². The normalized spacial score (nSPS) is 17.7. The Morgan fingerprint density at radius 1 is 0.446 bits per heavy atom. The van der Waals surface area contributed by atoms with Gasteiger partial charge in [0.2, 0.25) is 0 Å². The first-order chi connectivity index (χ1) is 27.8. The molecule has 0 radical (unpaired) electrons. The molecule has 2 aromatic heterocycles. The molecule has 0 aliphatic heterocycles. The third-order valence-corrected chi connectivity index (χ3v) is 15.3. The van der Waals surface area contributed by atoms with Crippen molar-refractivity contribution in [1.29, 1.82) is 0 Å². The van der Waals surface area contributed by atoms with Crippen molar-refractivity contribution in [3.05, 3.63) is 187 Å². The molecule has 56 heavy (non-hydrogen) atoms. The lowest BCUT2D eigenvalue weighted by Crippen LogP contribution is -2.19. The van der Waals surface area contributed by atoms with Gasteiger partial charge in [-0.1, -0.05) is 115 Å². The van der Waals surface area contributed by atoms with E-state index in [4.69, 9.17) is 0 Å². The van der Waals surface area contributed by atoms with Gasteiger partial charge in [-0.2, -0.15) is 0 Å². The molecule has 0 spiro atoms. The number of nitrogens with zero attached hydrogens (tertiary/aromatic N) is 1. The first-order valence-corrected chi connectivity index (χ1v) is 21.5. The standard InChI is InChI=1S/C53H35NS2/c1-2-11-36-35(10-1)38-25-26-47(52-40-14-4-3-12-37(40)42-29-44(42)43(36)30-46(38)52)54(33-24-27-50-45(28-33)39-13-5-7-17-48(39)55-50)32-22-20-31(21-23-32)34-16-9-19-51-53(34)41-15-6-8-18-49(41)56-51/h1-28,42-44H,29-30H2. The van der Waals surface area contributed by atoms with Gasteiger partial charge in [0, 0.05) is 57.3 Å². The Bertz CT molecular complexity index is 3240. The number of rotatable bonds is 4. The summed E-state index contributed by atoms with van der Waals surface area (Å²) in [6, 6.07) is 64.5. The number of hydrogen-bond acceptors (Lipinski definition) is 3. The van der Waals surface area contributed by atoms with Crippen LogP contribution in [0.1, 0.15) is 34.9 Å². The maximum atomic E-state index is 2.56. The van der Waals surface area contributed by atoms with Crippen LogP contribution in [-0.4, -0.2) is 0 Å². The maximum Gasteiger partial charge on any atom is 0.0543 e. The van der Waals surface area contributed by atoms with Gasteiger partial charge in [-0.25, -0.2) is 0 Å². The Labute approximate surface area is 333 Å². The predicted octanol–water partition coefficient (Wildman–Crippen LogP) is 15.6. The molecule has 3 aliphatic carbocycles. The summed E-state index contributed by atoms with van der Waals surface area (Å²) in [5.41, 5.74) is 16.3. The van der Waals surface area contributed by atoms with Crippen molar-refractivity contribution >= 4 is 80.1 Å². The molecule has 3 atom stereocenters. The van der Waals surface area contributed by atoms with Crippen LogP contribution in [0.15, 0.2) is 170 Å². The van der Waals surface area contributed by atoms with E-state index in [0.29, 0.717) is 17.8 Å². The van der Waals surface area contributed by atoms with Crippen molar-refractivity contribution in [3.63, 3.8) is 0 Å². The quantitative estimate of drug-likeness (QED) is 0.173. The lowest BCUT2D eigenvalue weighted by atomic mass is 9.71. The molecule has 2 heterocycles. The second kappa shape index (κ2) is 11.8. The second-order valence-electron chi connectivity index (χ2n) is 15.9. The molecule has 4 bridgehead atoms. The molecule has 3 aliphatic rings. The van der Waals surface area contributed by atoms with E-state index in [1.165, 1.54) is 108 Å². The molecule has 10 aromatic rings. The minimum atomic E-state index is 0.545. The summed E-state index contributed by atoms with van der Waals surface area (Å²) >= 11 is 3.77. The number of fused-ring (bicyclic) bond motifs is 11. The van der Waals surface area contributed by atoms with Crippen LogP contribution in [0.5, 0.6) is 0 Å². The average molecular weight is 750 g/mol. The topological polar surface area (TPSA) is 3.24 Å². The fraction of sp³-hybridized carbons (Fsp3) is 0.0943. The van der Waals surface area contributed by atoms with Gasteiger partial charge in [0.25, 0.3) is 0 Å².